The number of ketones is 1. The molecule has 3 aliphatic rings. The summed E-state index contributed by atoms with van der Waals surface area (Å²) in [5.41, 5.74) is -1.30. The van der Waals surface area contributed by atoms with E-state index in [1.807, 2.05) is 6.92 Å². The Labute approximate surface area is 175 Å². The Morgan fingerprint density at radius 1 is 1.28 bits per heavy atom. The van der Waals surface area contributed by atoms with Crippen LogP contribution in [-0.4, -0.2) is 42.8 Å². The summed E-state index contributed by atoms with van der Waals surface area (Å²) in [6.07, 6.45) is 4.58. The van der Waals surface area contributed by atoms with Crippen LogP contribution in [0.4, 0.5) is 0 Å². The fraction of sp³-hybridized carbons (Fsp3) is 0.833. The van der Waals surface area contributed by atoms with Crippen molar-refractivity contribution in [1.82, 2.24) is 0 Å². The average Bonchev–Trinajstić information content (AvgIpc) is 3.01. The van der Waals surface area contributed by atoms with Gasteiger partial charge in [0.2, 0.25) is 0 Å². The first-order valence-corrected chi connectivity index (χ1v) is 11.0. The molecule has 0 aromatic heterocycles. The Kier molecular flexibility index (Phi) is 5.81. The molecular formula is C24H38O5. The highest BCUT2D eigenvalue weighted by molar-refractivity contribution is 5.89. The zero-order valence-corrected chi connectivity index (χ0v) is 18.9. The molecule has 3 rings (SSSR count). The summed E-state index contributed by atoms with van der Waals surface area (Å²) >= 11 is 0. The molecule has 0 aliphatic heterocycles. The summed E-state index contributed by atoms with van der Waals surface area (Å²) in [6, 6.07) is 0. The predicted molar refractivity (Wildman–Crippen MR) is 111 cm³/mol. The SMILES string of the molecule is C=C[C@]1(C)C[C@H](OC(=O)CO)[C@@]2(C)C3C(OC)[C@H](C)C[C@]3(CC[C@@H]2C)[C@@H](C)C1=O. The van der Waals surface area contributed by atoms with Crippen LogP contribution in [0.5, 0.6) is 0 Å². The molecule has 164 valence electrons. The summed E-state index contributed by atoms with van der Waals surface area (Å²) in [7, 11) is 1.76. The molecule has 29 heavy (non-hydrogen) atoms. The lowest BCUT2D eigenvalue weighted by atomic mass is 9.44. The molecule has 0 saturated heterocycles. The van der Waals surface area contributed by atoms with Crippen molar-refractivity contribution in [1.29, 1.82) is 0 Å². The van der Waals surface area contributed by atoms with Crippen LogP contribution in [0.1, 0.15) is 60.3 Å². The van der Waals surface area contributed by atoms with Gasteiger partial charge in [0.05, 0.1) is 6.10 Å². The fourth-order valence-electron chi connectivity index (χ4n) is 7.39. The molecule has 0 spiro atoms. The number of allylic oxidation sites excluding steroid dienone is 1. The maximum absolute atomic E-state index is 13.8. The lowest BCUT2D eigenvalue weighted by Gasteiger charge is -2.61. The van der Waals surface area contributed by atoms with Crippen LogP contribution in [0, 0.1) is 39.9 Å². The maximum Gasteiger partial charge on any atom is 0.332 e. The van der Waals surface area contributed by atoms with Crippen LogP contribution >= 0.6 is 0 Å². The number of rotatable bonds is 4. The van der Waals surface area contributed by atoms with Gasteiger partial charge in [-0.15, -0.1) is 6.58 Å². The number of methoxy groups -OCH3 is 1. The number of ether oxygens (including phenoxy) is 2. The van der Waals surface area contributed by atoms with Gasteiger partial charge in [-0.3, -0.25) is 4.79 Å². The van der Waals surface area contributed by atoms with E-state index in [0.29, 0.717) is 18.3 Å². The minimum Gasteiger partial charge on any atom is -0.460 e. The second-order valence-electron chi connectivity index (χ2n) is 10.4. The molecule has 3 fully saturated rings. The van der Waals surface area contributed by atoms with E-state index in [4.69, 9.17) is 9.47 Å². The topological polar surface area (TPSA) is 72.8 Å². The summed E-state index contributed by atoms with van der Waals surface area (Å²) in [4.78, 5) is 26.0. The zero-order chi connectivity index (χ0) is 21.8. The molecule has 9 atom stereocenters. The van der Waals surface area contributed by atoms with E-state index in [0.717, 1.165) is 19.3 Å². The van der Waals surface area contributed by atoms with Crippen LogP contribution in [-0.2, 0) is 19.1 Å². The van der Waals surface area contributed by atoms with Crippen molar-refractivity contribution in [2.75, 3.05) is 13.7 Å². The summed E-state index contributed by atoms with van der Waals surface area (Å²) in [5.74, 6) is 0.180. The highest BCUT2D eigenvalue weighted by Gasteiger charge is 2.69. The Bertz CT molecular complexity index is 689. The van der Waals surface area contributed by atoms with E-state index in [-0.39, 0.29) is 34.6 Å². The van der Waals surface area contributed by atoms with E-state index in [2.05, 4.69) is 34.3 Å². The van der Waals surface area contributed by atoms with Gasteiger partial charge in [-0.1, -0.05) is 33.8 Å². The number of aliphatic hydroxyl groups excluding tert-OH is 1. The molecule has 5 nitrogen and oxygen atoms in total. The Hall–Kier alpha value is -1.20. The monoisotopic (exact) mass is 406 g/mol. The molecule has 3 aliphatic carbocycles. The minimum atomic E-state index is -0.773. The van der Waals surface area contributed by atoms with Crippen molar-refractivity contribution in [2.45, 2.75) is 72.5 Å². The van der Waals surface area contributed by atoms with Gasteiger partial charge in [-0.05, 0) is 43.4 Å². The molecule has 2 unspecified atom stereocenters. The fourth-order valence-corrected chi connectivity index (χ4v) is 7.39. The van der Waals surface area contributed by atoms with Crippen molar-refractivity contribution >= 4 is 11.8 Å². The first-order chi connectivity index (χ1) is 13.5. The normalized spacial score (nSPS) is 49.7. The van der Waals surface area contributed by atoms with E-state index in [1.165, 1.54) is 0 Å². The summed E-state index contributed by atoms with van der Waals surface area (Å²) < 4.78 is 12.0. The molecule has 1 N–H and O–H groups in total. The van der Waals surface area contributed by atoms with Crippen molar-refractivity contribution < 1.29 is 24.2 Å². The predicted octanol–water partition coefficient (Wildman–Crippen LogP) is 3.79. The molecule has 5 heteroatoms. The van der Waals surface area contributed by atoms with Crippen molar-refractivity contribution in [3.05, 3.63) is 12.7 Å². The van der Waals surface area contributed by atoms with Crippen LogP contribution in [0.15, 0.2) is 12.7 Å². The van der Waals surface area contributed by atoms with Crippen molar-refractivity contribution in [3.63, 3.8) is 0 Å². The number of carbonyl (C=O) groups excluding carboxylic acids is 2. The Morgan fingerprint density at radius 2 is 1.93 bits per heavy atom. The number of Topliss-reactive ketones (excluding diaryl/α,β-unsaturated/α-hetero) is 1. The standard InChI is InChI=1S/C24H38O5/c1-8-22(5)12-17(29-18(26)13-25)23(6)15(3)9-10-24(16(4)21(22)27)11-14(2)19(28-7)20(23)24/h8,14-17,19-20,25H,1,9-13H2,2-7H3/t14-,15+,16+,17+,19?,20?,22-,23+,24-/m1/s1. The van der Waals surface area contributed by atoms with Gasteiger partial charge in [-0.2, -0.15) is 0 Å². The van der Waals surface area contributed by atoms with Crippen molar-refractivity contribution in [2.24, 2.45) is 39.9 Å². The quantitative estimate of drug-likeness (QED) is 0.568. The highest BCUT2D eigenvalue weighted by Crippen LogP contribution is 2.69. The third-order valence-corrected chi connectivity index (χ3v) is 9.23. The second kappa shape index (κ2) is 7.49. The average molecular weight is 407 g/mol. The van der Waals surface area contributed by atoms with Gasteiger partial charge in [0.25, 0.3) is 0 Å². The number of esters is 1. The van der Waals surface area contributed by atoms with E-state index in [1.54, 1.807) is 13.2 Å². The number of aliphatic hydroxyl groups is 1. The smallest absolute Gasteiger partial charge is 0.332 e. The van der Waals surface area contributed by atoms with Crippen LogP contribution in [0.25, 0.3) is 0 Å². The minimum absolute atomic E-state index is 0.0152. The summed E-state index contributed by atoms with van der Waals surface area (Å²) in [5, 5.41) is 9.39. The lowest BCUT2D eigenvalue weighted by molar-refractivity contribution is -0.206. The summed E-state index contributed by atoms with van der Waals surface area (Å²) in [6.45, 7) is 14.0. The van der Waals surface area contributed by atoms with E-state index < -0.39 is 24.1 Å². The van der Waals surface area contributed by atoms with Crippen LogP contribution in [0.2, 0.25) is 0 Å². The number of hydrogen-bond acceptors (Lipinski definition) is 5. The lowest BCUT2D eigenvalue weighted by Crippen LogP contribution is -2.63. The highest BCUT2D eigenvalue weighted by atomic mass is 16.6. The number of carbonyl (C=O) groups is 2. The van der Waals surface area contributed by atoms with Gasteiger partial charge in [0.1, 0.15) is 18.5 Å². The first kappa shape index (κ1) is 22.5. The third kappa shape index (κ3) is 3.03. The van der Waals surface area contributed by atoms with Crippen LogP contribution in [0.3, 0.4) is 0 Å². The zero-order valence-electron chi connectivity index (χ0n) is 18.9. The van der Waals surface area contributed by atoms with Crippen molar-refractivity contribution in [3.8, 4) is 0 Å². The first-order valence-electron chi connectivity index (χ1n) is 11.0. The molecule has 0 aromatic rings. The maximum atomic E-state index is 13.8. The number of hydrogen-bond donors (Lipinski definition) is 1. The molecule has 0 heterocycles. The van der Waals surface area contributed by atoms with E-state index >= 15 is 0 Å². The van der Waals surface area contributed by atoms with Gasteiger partial charge >= 0.3 is 5.97 Å². The molecule has 0 radical (unpaired) electrons. The molecule has 2 bridgehead atoms. The second-order valence-corrected chi connectivity index (χ2v) is 10.4. The van der Waals surface area contributed by atoms with Gasteiger partial charge in [-0.25, -0.2) is 4.79 Å². The van der Waals surface area contributed by atoms with Crippen LogP contribution < -0.4 is 0 Å². The molecule has 3 saturated carbocycles. The Balaban J connectivity index is 2.25. The van der Waals surface area contributed by atoms with E-state index in [9.17, 15) is 14.7 Å². The molecular weight excluding hydrogens is 368 g/mol. The van der Waals surface area contributed by atoms with Gasteiger partial charge in [0.15, 0.2) is 0 Å². The molecule has 0 aromatic carbocycles. The van der Waals surface area contributed by atoms with Gasteiger partial charge < -0.3 is 14.6 Å². The van der Waals surface area contributed by atoms with Gasteiger partial charge in [0, 0.05) is 36.2 Å². The Morgan fingerprint density at radius 3 is 2.48 bits per heavy atom. The molecule has 0 amide bonds. The third-order valence-electron chi connectivity index (χ3n) is 9.23. The largest absolute Gasteiger partial charge is 0.460 e.